The molecule has 0 amide bonds. The first-order chi connectivity index (χ1) is 31.3. The second kappa shape index (κ2) is 23.7. The number of allylic oxidation sites excluding steroid dienone is 2. The number of hydrogen-bond acceptors (Lipinski definition) is 9. The van der Waals surface area contributed by atoms with Crippen molar-refractivity contribution >= 4 is 34.9 Å². The number of benzene rings is 6. The maximum atomic E-state index is 13.3. The molecule has 0 radical (unpaired) electrons. The zero-order valence-electron chi connectivity index (χ0n) is 35.3. The average molecular weight is 853 g/mol. The van der Waals surface area contributed by atoms with Crippen molar-refractivity contribution in [1.82, 2.24) is 0 Å². The van der Waals surface area contributed by atoms with Gasteiger partial charge in [-0.15, -0.1) is 0 Å². The molecule has 0 bridgehead atoms. The number of rotatable bonds is 21. The van der Waals surface area contributed by atoms with Crippen LogP contribution < -0.4 is 20.1 Å². The maximum absolute atomic E-state index is 13.3. The van der Waals surface area contributed by atoms with Crippen LogP contribution in [-0.2, 0) is 20.7 Å². The van der Waals surface area contributed by atoms with E-state index in [0.29, 0.717) is 64.8 Å². The first-order valence-corrected chi connectivity index (χ1v) is 20.7. The van der Waals surface area contributed by atoms with Gasteiger partial charge >= 0.3 is 11.9 Å². The van der Waals surface area contributed by atoms with Crippen molar-refractivity contribution in [1.29, 1.82) is 0 Å². The number of ether oxygens (including phenoxy) is 3. The standard InChI is InChI=1S/C54H48N2O8/c1-62-51(57)38-49(55-47-25-15-13-23-45(47)52(58)41-19-9-7-10-20-41)40-29-33-44(34-30-40)64-36-18-6-4-2-3-5-17-35-63-43-31-27-39(28-32-43)37-50(54(60)61)56-48-26-16-14-24-46(48)53(59)42-21-11-8-12-22-42/h5-34,49-50,55-56H,3,35-38H2,1H3,(H,60,61)/b17-5?,18-6+. The minimum atomic E-state index is -1.03. The predicted octanol–water partition coefficient (Wildman–Crippen LogP) is 9.94. The molecular weight excluding hydrogens is 805 g/mol. The number of methoxy groups -OCH3 is 1. The van der Waals surface area contributed by atoms with E-state index in [9.17, 15) is 24.3 Å². The second-order valence-electron chi connectivity index (χ2n) is 14.4. The summed E-state index contributed by atoms with van der Waals surface area (Å²) in [4.78, 5) is 51.1. The van der Waals surface area contributed by atoms with Crippen molar-refractivity contribution < 1.29 is 38.5 Å². The van der Waals surface area contributed by atoms with E-state index < -0.39 is 18.1 Å². The minimum absolute atomic E-state index is 0.0540. The fraction of sp³-hybridized carbons (Fsp3) is 0.148. The summed E-state index contributed by atoms with van der Waals surface area (Å²) < 4.78 is 16.7. The summed E-state index contributed by atoms with van der Waals surface area (Å²) in [6.45, 7) is 0.655. The van der Waals surface area contributed by atoms with Gasteiger partial charge in [0.15, 0.2) is 11.6 Å². The largest absolute Gasteiger partial charge is 0.490 e. The van der Waals surface area contributed by atoms with Crippen molar-refractivity contribution in [2.75, 3.05) is 31.0 Å². The molecule has 0 aliphatic carbocycles. The Labute approximate surface area is 373 Å². The molecule has 6 aromatic carbocycles. The Morgan fingerprint density at radius 1 is 0.609 bits per heavy atom. The topological polar surface area (TPSA) is 140 Å². The molecular formula is C54H48N2O8. The van der Waals surface area contributed by atoms with Gasteiger partial charge in [0, 0.05) is 46.5 Å². The van der Waals surface area contributed by atoms with E-state index in [-0.39, 0.29) is 30.4 Å². The fourth-order valence-corrected chi connectivity index (χ4v) is 6.66. The third-order valence-electron chi connectivity index (χ3n) is 10.00. The van der Waals surface area contributed by atoms with E-state index in [1.807, 2.05) is 97.1 Å². The molecule has 2 atom stereocenters. The van der Waals surface area contributed by atoms with Gasteiger partial charge in [-0.3, -0.25) is 14.4 Å². The van der Waals surface area contributed by atoms with Gasteiger partial charge in [-0.05, 0) is 71.8 Å². The van der Waals surface area contributed by atoms with Gasteiger partial charge in [0.05, 0.1) is 19.6 Å². The van der Waals surface area contributed by atoms with Crippen LogP contribution in [0.25, 0.3) is 0 Å². The van der Waals surface area contributed by atoms with Gasteiger partial charge in [0.1, 0.15) is 30.8 Å². The first kappa shape index (κ1) is 45.4. The van der Waals surface area contributed by atoms with Gasteiger partial charge in [0.25, 0.3) is 0 Å². The van der Waals surface area contributed by atoms with E-state index in [4.69, 9.17) is 14.2 Å². The number of ketones is 2. The average Bonchev–Trinajstić information content (AvgIpc) is 3.33. The lowest BCUT2D eigenvalue weighted by Crippen LogP contribution is -2.32. The lowest BCUT2D eigenvalue weighted by Gasteiger charge is -2.21. The molecule has 0 fully saturated rings. The summed E-state index contributed by atoms with van der Waals surface area (Å²) >= 11 is 0. The molecule has 6 aromatic rings. The zero-order chi connectivity index (χ0) is 44.9. The summed E-state index contributed by atoms with van der Waals surface area (Å²) in [5.74, 6) is 5.62. The number of aliphatic carboxylic acids is 1. The number of carbonyl (C=O) groups excluding carboxylic acids is 3. The molecule has 10 heteroatoms. The number of carbonyl (C=O) groups is 4. The van der Waals surface area contributed by atoms with Crippen LogP contribution in [0.3, 0.4) is 0 Å². The monoisotopic (exact) mass is 852 g/mol. The Morgan fingerprint density at radius 3 is 1.69 bits per heavy atom. The molecule has 0 spiro atoms. The van der Waals surface area contributed by atoms with Crippen LogP contribution in [0.15, 0.2) is 182 Å². The van der Waals surface area contributed by atoms with Crippen LogP contribution in [0.4, 0.5) is 11.4 Å². The molecule has 2 unspecified atom stereocenters. The van der Waals surface area contributed by atoms with Gasteiger partial charge in [-0.1, -0.05) is 133 Å². The summed E-state index contributed by atoms with van der Waals surface area (Å²) in [7, 11) is 1.35. The van der Waals surface area contributed by atoms with E-state index in [1.54, 1.807) is 84.9 Å². The number of anilines is 2. The van der Waals surface area contributed by atoms with Gasteiger partial charge in [-0.2, -0.15) is 0 Å². The van der Waals surface area contributed by atoms with Crippen LogP contribution in [0.2, 0.25) is 0 Å². The molecule has 0 heterocycles. The number of hydrogen-bond donors (Lipinski definition) is 3. The van der Waals surface area contributed by atoms with Crippen molar-refractivity contribution in [3.8, 4) is 23.3 Å². The normalized spacial score (nSPS) is 11.8. The summed E-state index contributed by atoms with van der Waals surface area (Å²) in [5.41, 5.74) is 4.70. The number of para-hydroxylation sites is 2. The maximum Gasteiger partial charge on any atom is 0.326 e. The van der Waals surface area contributed by atoms with Crippen molar-refractivity contribution in [3.05, 3.63) is 215 Å². The summed E-state index contributed by atoms with van der Waals surface area (Å²) in [5, 5.41) is 16.5. The van der Waals surface area contributed by atoms with Gasteiger partial charge in [-0.25, -0.2) is 4.79 Å². The minimum Gasteiger partial charge on any atom is -0.490 e. The Morgan fingerprint density at radius 2 is 1.12 bits per heavy atom. The van der Waals surface area contributed by atoms with Crippen molar-refractivity contribution in [2.24, 2.45) is 0 Å². The smallest absolute Gasteiger partial charge is 0.326 e. The van der Waals surface area contributed by atoms with Crippen LogP contribution >= 0.6 is 0 Å². The van der Waals surface area contributed by atoms with E-state index in [2.05, 4.69) is 22.5 Å². The Bertz CT molecular complexity index is 2610. The highest BCUT2D eigenvalue weighted by Crippen LogP contribution is 2.29. The quantitative estimate of drug-likeness (QED) is 0.0278. The SMILES string of the molecule is COC(=O)CC(Nc1ccccc1C(=O)c1ccccc1)c1ccc(OC/C=C/C#CCC=CCOc2ccc(CC(Nc3ccccc3C(=O)c3ccccc3)C(=O)O)cc2)cc1. The molecule has 0 saturated heterocycles. The van der Waals surface area contributed by atoms with Gasteiger partial charge < -0.3 is 30.0 Å². The van der Waals surface area contributed by atoms with E-state index in [0.717, 1.165) is 11.1 Å². The van der Waals surface area contributed by atoms with Crippen molar-refractivity contribution in [2.45, 2.75) is 31.3 Å². The molecule has 0 aromatic heterocycles. The number of nitrogens with one attached hydrogen (secondary N) is 2. The molecule has 0 saturated carbocycles. The fourth-order valence-electron chi connectivity index (χ4n) is 6.66. The molecule has 0 aliphatic rings. The zero-order valence-corrected chi connectivity index (χ0v) is 35.3. The third-order valence-corrected chi connectivity index (χ3v) is 10.00. The second-order valence-corrected chi connectivity index (χ2v) is 14.4. The van der Waals surface area contributed by atoms with Crippen molar-refractivity contribution in [3.63, 3.8) is 0 Å². The Balaban J connectivity index is 0.921. The lowest BCUT2D eigenvalue weighted by atomic mass is 9.99. The van der Waals surface area contributed by atoms with Crippen LogP contribution in [0.5, 0.6) is 11.5 Å². The summed E-state index contributed by atoms with van der Waals surface area (Å²) in [6, 6.07) is 45.4. The molecule has 64 heavy (non-hydrogen) atoms. The highest BCUT2D eigenvalue weighted by atomic mass is 16.5. The number of carboxylic acid groups (broad SMARTS) is 1. The first-order valence-electron chi connectivity index (χ1n) is 20.7. The molecule has 322 valence electrons. The number of carboxylic acids is 1. The molecule has 10 nitrogen and oxygen atoms in total. The van der Waals surface area contributed by atoms with Gasteiger partial charge in [0.2, 0.25) is 0 Å². The molecule has 0 aliphatic heterocycles. The van der Waals surface area contributed by atoms with Crippen LogP contribution in [-0.4, -0.2) is 55.0 Å². The lowest BCUT2D eigenvalue weighted by molar-refractivity contribution is -0.141. The molecule has 3 N–H and O–H groups in total. The van der Waals surface area contributed by atoms with Crippen LogP contribution in [0.1, 0.15) is 61.9 Å². The van der Waals surface area contributed by atoms with E-state index in [1.165, 1.54) is 7.11 Å². The number of esters is 1. The highest BCUT2D eigenvalue weighted by molar-refractivity contribution is 6.13. The third kappa shape index (κ3) is 13.4. The van der Waals surface area contributed by atoms with E-state index >= 15 is 0 Å². The summed E-state index contributed by atoms with van der Waals surface area (Å²) in [6.07, 6.45) is 8.14. The Kier molecular flexibility index (Phi) is 16.8. The Hall–Kier alpha value is -8.16. The molecule has 6 rings (SSSR count). The highest BCUT2D eigenvalue weighted by Gasteiger charge is 2.23. The van der Waals surface area contributed by atoms with Crippen LogP contribution in [0, 0.1) is 11.8 Å². The predicted molar refractivity (Wildman–Crippen MR) is 249 cm³/mol.